The molecule has 1 aliphatic heterocycles. The fraction of sp³-hybridized carbons (Fsp3) is 0.217. The molecule has 1 aromatic heterocycles. The predicted molar refractivity (Wildman–Crippen MR) is 115 cm³/mol. The van der Waals surface area contributed by atoms with Crippen molar-refractivity contribution in [3.8, 4) is 5.69 Å². The molecule has 0 radical (unpaired) electrons. The van der Waals surface area contributed by atoms with Crippen molar-refractivity contribution in [2.24, 2.45) is 0 Å². The lowest BCUT2D eigenvalue weighted by Crippen LogP contribution is -2.49. The Labute approximate surface area is 179 Å². The SMILES string of the molecule is Cc1cc(C(=O)NCc2ccc(C(=O)N3CCNC(=O)C3)cc2)nn1-c1ccccc1. The molecule has 31 heavy (non-hydrogen) atoms. The second kappa shape index (κ2) is 8.83. The highest BCUT2D eigenvalue weighted by Crippen LogP contribution is 2.13. The van der Waals surface area contributed by atoms with Gasteiger partial charge in [0, 0.05) is 30.9 Å². The smallest absolute Gasteiger partial charge is 0.272 e. The normalized spacial score (nSPS) is 13.6. The van der Waals surface area contributed by atoms with Gasteiger partial charge in [-0.3, -0.25) is 14.4 Å². The van der Waals surface area contributed by atoms with Gasteiger partial charge in [-0.2, -0.15) is 5.10 Å². The van der Waals surface area contributed by atoms with Gasteiger partial charge in [0.2, 0.25) is 5.91 Å². The second-order valence-corrected chi connectivity index (χ2v) is 7.37. The van der Waals surface area contributed by atoms with E-state index in [9.17, 15) is 14.4 Å². The van der Waals surface area contributed by atoms with Crippen LogP contribution in [0.4, 0.5) is 0 Å². The van der Waals surface area contributed by atoms with Crippen LogP contribution in [0.5, 0.6) is 0 Å². The summed E-state index contributed by atoms with van der Waals surface area (Å²) in [6, 6.07) is 18.4. The van der Waals surface area contributed by atoms with E-state index in [1.54, 1.807) is 35.0 Å². The number of aryl methyl sites for hydroxylation is 1. The third-order valence-corrected chi connectivity index (χ3v) is 5.10. The lowest BCUT2D eigenvalue weighted by molar-refractivity contribution is -0.123. The number of carbonyl (C=O) groups excluding carboxylic acids is 3. The van der Waals surface area contributed by atoms with Gasteiger partial charge < -0.3 is 15.5 Å². The van der Waals surface area contributed by atoms with E-state index in [1.807, 2.05) is 37.3 Å². The summed E-state index contributed by atoms with van der Waals surface area (Å²) in [5, 5.41) is 9.97. The zero-order valence-corrected chi connectivity index (χ0v) is 17.2. The first-order chi connectivity index (χ1) is 15.0. The van der Waals surface area contributed by atoms with E-state index >= 15 is 0 Å². The van der Waals surface area contributed by atoms with E-state index in [4.69, 9.17) is 0 Å². The van der Waals surface area contributed by atoms with Crippen LogP contribution in [0.25, 0.3) is 5.69 Å². The maximum atomic E-state index is 12.5. The Balaban J connectivity index is 1.37. The number of benzene rings is 2. The Morgan fingerprint density at radius 3 is 2.55 bits per heavy atom. The molecule has 158 valence electrons. The third kappa shape index (κ3) is 4.63. The Kier molecular flexibility index (Phi) is 5.79. The van der Waals surface area contributed by atoms with Gasteiger partial charge in [0.15, 0.2) is 5.69 Å². The number of aromatic nitrogens is 2. The molecule has 0 atom stereocenters. The summed E-state index contributed by atoms with van der Waals surface area (Å²) in [5.41, 5.74) is 3.48. The zero-order valence-electron chi connectivity index (χ0n) is 17.2. The second-order valence-electron chi connectivity index (χ2n) is 7.37. The van der Waals surface area contributed by atoms with Crippen molar-refractivity contribution in [3.63, 3.8) is 0 Å². The molecule has 0 unspecified atom stereocenters. The fourth-order valence-corrected chi connectivity index (χ4v) is 3.45. The average molecular weight is 417 g/mol. The summed E-state index contributed by atoms with van der Waals surface area (Å²) in [6.07, 6.45) is 0. The van der Waals surface area contributed by atoms with Gasteiger partial charge in [0.05, 0.1) is 12.2 Å². The number of hydrogen-bond donors (Lipinski definition) is 2. The number of carbonyl (C=O) groups is 3. The largest absolute Gasteiger partial charge is 0.353 e. The van der Waals surface area contributed by atoms with Crippen LogP contribution in [0.15, 0.2) is 60.7 Å². The van der Waals surface area contributed by atoms with Gasteiger partial charge in [-0.05, 0) is 42.8 Å². The quantitative estimate of drug-likeness (QED) is 0.660. The van der Waals surface area contributed by atoms with Crippen LogP contribution in [0.2, 0.25) is 0 Å². The molecular formula is C23H23N5O3. The Bertz CT molecular complexity index is 1110. The number of nitrogens with zero attached hydrogens (tertiary/aromatic N) is 3. The van der Waals surface area contributed by atoms with Crippen LogP contribution in [-0.2, 0) is 11.3 Å². The molecule has 0 aliphatic carbocycles. The van der Waals surface area contributed by atoms with Crippen molar-refractivity contribution < 1.29 is 14.4 Å². The van der Waals surface area contributed by atoms with Crippen LogP contribution < -0.4 is 10.6 Å². The van der Waals surface area contributed by atoms with E-state index < -0.39 is 0 Å². The number of hydrogen-bond acceptors (Lipinski definition) is 4. The third-order valence-electron chi connectivity index (χ3n) is 5.10. The maximum absolute atomic E-state index is 12.5. The van der Waals surface area contributed by atoms with Crippen molar-refractivity contribution in [2.45, 2.75) is 13.5 Å². The first kappa shape index (κ1) is 20.3. The number of rotatable bonds is 5. The Morgan fingerprint density at radius 2 is 1.84 bits per heavy atom. The minimum atomic E-state index is -0.266. The topological polar surface area (TPSA) is 96.3 Å². The summed E-state index contributed by atoms with van der Waals surface area (Å²) in [4.78, 5) is 38.1. The minimum Gasteiger partial charge on any atom is -0.353 e. The summed E-state index contributed by atoms with van der Waals surface area (Å²) >= 11 is 0. The Hall–Kier alpha value is -3.94. The first-order valence-electron chi connectivity index (χ1n) is 10.1. The molecule has 8 heteroatoms. The van der Waals surface area contributed by atoms with Crippen LogP contribution in [0, 0.1) is 6.92 Å². The molecule has 0 spiro atoms. The molecule has 1 aliphatic rings. The fourth-order valence-electron chi connectivity index (χ4n) is 3.45. The molecule has 2 aromatic carbocycles. The average Bonchev–Trinajstić information content (AvgIpc) is 3.19. The van der Waals surface area contributed by atoms with E-state index in [0.717, 1.165) is 16.9 Å². The van der Waals surface area contributed by atoms with Gasteiger partial charge in [-0.15, -0.1) is 0 Å². The van der Waals surface area contributed by atoms with Gasteiger partial charge in [-0.1, -0.05) is 30.3 Å². The van der Waals surface area contributed by atoms with Crippen LogP contribution in [-0.4, -0.2) is 52.0 Å². The first-order valence-corrected chi connectivity index (χ1v) is 10.1. The van der Waals surface area contributed by atoms with Crippen molar-refractivity contribution in [1.29, 1.82) is 0 Å². The van der Waals surface area contributed by atoms with Crippen molar-refractivity contribution in [1.82, 2.24) is 25.3 Å². The highest BCUT2D eigenvalue weighted by molar-refractivity contribution is 5.97. The lowest BCUT2D eigenvalue weighted by Gasteiger charge is -2.26. The van der Waals surface area contributed by atoms with E-state index in [-0.39, 0.29) is 24.3 Å². The summed E-state index contributed by atoms with van der Waals surface area (Å²) in [5.74, 6) is -0.589. The molecule has 3 amide bonds. The van der Waals surface area contributed by atoms with E-state index in [2.05, 4.69) is 15.7 Å². The van der Waals surface area contributed by atoms with Gasteiger partial charge >= 0.3 is 0 Å². The number of amides is 3. The highest BCUT2D eigenvalue weighted by atomic mass is 16.2. The molecule has 2 N–H and O–H groups in total. The van der Waals surface area contributed by atoms with Gasteiger partial charge in [0.25, 0.3) is 11.8 Å². The van der Waals surface area contributed by atoms with Crippen molar-refractivity contribution >= 4 is 17.7 Å². The molecule has 3 aromatic rings. The van der Waals surface area contributed by atoms with Crippen LogP contribution in [0.1, 0.15) is 32.1 Å². The molecule has 1 saturated heterocycles. The molecular weight excluding hydrogens is 394 g/mol. The minimum absolute atomic E-state index is 0.0751. The monoisotopic (exact) mass is 417 g/mol. The molecule has 0 bridgehead atoms. The lowest BCUT2D eigenvalue weighted by atomic mass is 10.1. The van der Waals surface area contributed by atoms with E-state index in [1.165, 1.54) is 4.90 Å². The summed E-state index contributed by atoms with van der Waals surface area (Å²) in [6.45, 7) is 3.26. The van der Waals surface area contributed by atoms with Crippen LogP contribution in [0.3, 0.4) is 0 Å². The molecule has 2 heterocycles. The maximum Gasteiger partial charge on any atom is 0.272 e. The van der Waals surface area contributed by atoms with Crippen LogP contribution >= 0.6 is 0 Å². The van der Waals surface area contributed by atoms with Crippen molar-refractivity contribution in [2.75, 3.05) is 19.6 Å². The van der Waals surface area contributed by atoms with E-state index in [0.29, 0.717) is 30.9 Å². The van der Waals surface area contributed by atoms with Gasteiger partial charge in [-0.25, -0.2) is 4.68 Å². The van der Waals surface area contributed by atoms with Gasteiger partial charge in [0.1, 0.15) is 0 Å². The number of piperazine rings is 1. The van der Waals surface area contributed by atoms with Crippen molar-refractivity contribution in [3.05, 3.63) is 83.2 Å². The standard InChI is InChI=1S/C23H23N5O3/c1-16-13-20(26-28(16)19-5-3-2-4-6-19)22(30)25-14-17-7-9-18(10-8-17)23(31)27-12-11-24-21(29)15-27/h2-10,13H,11-12,14-15H2,1H3,(H,24,29)(H,25,30). The summed E-state index contributed by atoms with van der Waals surface area (Å²) < 4.78 is 1.73. The predicted octanol–water partition coefficient (Wildman–Crippen LogP) is 1.68. The Morgan fingerprint density at radius 1 is 1.10 bits per heavy atom. The highest BCUT2D eigenvalue weighted by Gasteiger charge is 2.22. The molecule has 0 saturated carbocycles. The number of nitrogens with one attached hydrogen (secondary N) is 2. The number of para-hydroxylation sites is 1. The molecule has 8 nitrogen and oxygen atoms in total. The zero-order chi connectivity index (χ0) is 21.8. The molecule has 4 rings (SSSR count). The molecule has 1 fully saturated rings. The summed E-state index contributed by atoms with van der Waals surface area (Å²) in [7, 11) is 0.